The van der Waals surface area contributed by atoms with Gasteiger partial charge in [-0.1, -0.05) is 31.2 Å². The Balaban J connectivity index is 1.44. The molecule has 2 aliphatic heterocycles. The minimum Gasteiger partial charge on any atom is -0.361 e. The van der Waals surface area contributed by atoms with E-state index < -0.39 is 0 Å². The zero-order valence-electron chi connectivity index (χ0n) is 17.6. The summed E-state index contributed by atoms with van der Waals surface area (Å²) in [6.07, 6.45) is 3.25. The van der Waals surface area contributed by atoms with Crippen molar-refractivity contribution in [2.45, 2.75) is 32.4 Å². The first-order valence-corrected chi connectivity index (χ1v) is 11.1. The number of nitrogens with zero attached hydrogens (tertiary/aromatic N) is 1. The van der Waals surface area contributed by atoms with Crippen molar-refractivity contribution in [2.75, 3.05) is 38.0 Å². The fourth-order valence-electron chi connectivity index (χ4n) is 4.49. The summed E-state index contributed by atoms with van der Waals surface area (Å²) >= 11 is 0. The Morgan fingerprint density at radius 1 is 1.13 bits per heavy atom. The van der Waals surface area contributed by atoms with E-state index >= 15 is 0 Å². The van der Waals surface area contributed by atoms with Crippen LogP contribution < -0.4 is 15.5 Å². The number of hydrogen-bond donors (Lipinski definition) is 3. The quantitative estimate of drug-likeness (QED) is 0.628. The molecule has 0 unspecified atom stereocenters. The van der Waals surface area contributed by atoms with Gasteiger partial charge in [0.15, 0.2) is 0 Å². The summed E-state index contributed by atoms with van der Waals surface area (Å²) in [6, 6.07) is 15.3. The second-order valence-electron chi connectivity index (χ2n) is 8.18. The fourth-order valence-corrected chi connectivity index (χ4v) is 4.49. The maximum Gasteiger partial charge on any atom is 0.256 e. The molecule has 158 valence electrons. The molecule has 0 saturated carbocycles. The predicted molar refractivity (Wildman–Crippen MR) is 118 cm³/mol. The first kappa shape index (κ1) is 20.4. The molecule has 30 heavy (non-hydrogen) atoms. The van der Waals surface area contributed by atoms with Gasteiger partial charge in [0.05, 0.1) is 26.2 Å². The molecular weight excluding hydrogens is 376 g/mol. The number of carbonyl (C=O) groups is 2. The normalized spacial score (nSPS) is 18.5. The number of anilines is 1. The van der Waals surface area contributed by atoms with Crippen LogP contribution in [0.5, 0.6) is 0 Å². The second-order valence-corrected chi connectivity index (χ2v) is 8.18. The van der Waals surface area contributed by atoms with Gasteiger partial charge in [0, 0.05) is 41.8 Å². The average Bonchev–Trinajstić information content (AvgIpc) is 3.37. The van der Waals surface area contributed by atoms with E-state index in [1.807, 2.05) is 53.4 Å². The highest BCUT2D eigenvalue weighted by molar-refractivity contribution is 5.99. The van der Waals surface area contributed by atoms with Crippen molar-refractivity contribution < 1.29 is 14.5 Å². The Morgan fingerprint density at radius 3 is 2.73 bits per heavy atom. The van der Waals surface area contributed by atoms with Gasteiger partial charge in [0.2, 0.25) is 0 Å². The standard InChI is InChI=1S/C24H30N4O2/c1-2-13-28-22(20-10-3-4-11-21(20)24(28)30)26-19-9-7-8-18(17-19)23(29)25-12-16-27-14-5-6-15-27/h3-4,7-11,17,22,26H,2,5-6,12-16H2,1H3,(H,25,29)/p+1/t22-/m0/s1. The third-order valence-corrected chi connectivity index (χ3v) is 6.03. The molecule has 6 nitrogen and oxygen atoms in total. The monoisotopic (exact) mass is 407 g/mol. The first-order chi connectivity index (χ1) is 14.7. The molecule has 2 aliphatic rings. The number of nitrogens with one attached hydrogen (secondary N) is 3. The lowest BCUT2D eigenvalue weighted by Crippen LogP contribution is -3.10. The summed E-state index contributed by atoms with van der Waals surface area (Å²) < 4.78 is 0. The lowest BCUT2D eigenvalue weighted by atomic mass is 10.1. The topological polar surface area (TPSA) is 65.9 Å². The van der Waals surface area contributed by atoms with Crippen molar-refractivity contribution >= 4 is 17.5 Å². The van der Waals surface area contributed by atoms with Crippen LogP contribution in [-0.2, 0) is 0 Å². The van der Waals surface area contributed by atoms with Gasteiger partial charge in [-0.15, -0.1) is 0 Å². The zero-order chi connectivity index (χ0) is 20.9. The molecule has 2 heterocycles. The molecule has 0 aliphatic carbocycles. The van der Waals surface area contributed by atoms with Crippen molar-refractivity contribution in [2.24, 2.45) is 0 Å². The van der Waals surface area contributed by atoms with Crippen LogP contribution in [0.15, 0.2) is 48.5 Å². The van der Waals surface area contributed by atoms with Crippen molar-refractivity contribution in [3.63, 3.8) is 0 Å². The van der Waals surface area contributed by atoms with Crippen LogP contribution in [0.2, 0.25) is 0 Å². The van der Waals surface area contributed by atoms with E-state index in [-0.39, 0.29) is 18.0 Å². The number of fused-ring (bicyclic) bond motifs is 1. The van der Waals surface area contributed by atoms with Gasteiger partial charge in [0.25, 0.3) is 11.8 Å². The second kappa shape index (κ2) is 9.30. The van der Waals surface area contributed by atoms with Crippen LogP contribution in [-0.4, -0.2) is 49.4 Å². The van der Waals surface area contributed by atoms with E-state index in [4.69, 9.17) is 0 Å². The van der Waals surface area contributed by atoms with Crippen LogP contribution >= 0.6 is 0 Å². The third kappa shape index (κ3) is 4.33. The van der Waals surface area contributed by atoms with Gasteiger partial charge in [0.1, 0.15) is 6.17 Å². The Bertz CT molecular complexity index is 908. The minimum atomic E-state index is -0.217. The molecule has 2 aromatic carbocycles. The molecule has 1 fully saturated rings. The number of hydrogen-bond acceptors (Lipinski definition) is 3. The van der Waals surface area contributed by atoms with Gasteiger partial charge < -0.3 is 20.4 Å². The Kier molecular flexibility index (Phi) is 6.33. The predicted octanol–water partition coefficient (Wildman–Crippen LogP) is 2.07. The van der Waals surface area contributed by atoms with Gasteiger partial charge in [-0.25, -0.2) is 0 Å². The number of carbonyl (C=O) groups excluding carboxylic acids is 2. The molecular formula is C24H31N4O2+. The maximum atomic E-state index is 12.8. The molecule has 0 bridgehead atoms. The average molecular weight is 408 g/mol. The molecule has 0 spiro atoms. The van der Waals surface area contributed by atoms with E-state index in [2.05, 4.69) is 17.6 Å². The highest BCUT2D eigenvalue weighted by Gasteiger charge is 2.35. The molecule has 4 rings (SSSR count). The van der Waals surface area contributed by atoms with Gasteiger partial charge >= 0.3 is 0 Å². The van der Waals surface area contributed by atoms with E-state index in [1.165, 1.54) is 25.9 Å². The first-order valence-electron chi connectivity index (χ1n) is 11.1. The van der Waals surface area contributed by atoms with Crippen LogP contribution in [0.1, 0.15) is 58.6 Å². The summed E-state index contributed by atoms with van der Waals surface area (Å²) in [4.78, 5) is 28.9. The van der Waals surface area contributed by atoms with Gasteiger partial charge in [-0.05, 0) is 30.7 Å². The maximum absolute atomic E-state index is 12.8. The van der Waals surface area contributed by atoms with Crippen molar-refractivity contribution in [1.29, 1.82) is 0 Å². The molecule has 2 aromatic rings. The number of benzene rings is 2. The summed E-state index contributed by atoms with van der Waals surface area (Å²) in [5, 5.41) is 6.53. The molecule has 1 saturated heterocycles. The lowest BCUT2D eigenvalue weighted by molar-refractivity contribution is -0.886. The Labute approximate surface area is 178 Å². The molecule has 0 radical (unpaired) electrons. The number of amides is 2. The highest BCUT2D eigenvalue weighted by Crippen LogP contribution is 2.34. The number of rotatable bonds is 8. The van der Waals surface area contributed by atoms with Crippen molar-refractivity contribution in [3.8, 4) is 0 Å². The Morgan fingerprint density at radius 2 is 1.93 bits per heavy atom. The van der Waals surface area contributed by atoms with E-state index in [9.17, 15) is 9.59 Å². The molecule has 1 atom stereocenters. The van der Waals surface area contributed by atoms with E-state index in [1.54, 1.807) is 4.90 Å². The molecule has 0 aromatic heterocycles. The van der Waals surface area contributed by atoms with E-state index in [0.717, 1.165) is 29.8 Å². The zero-order valence-corrected chi connectivity index (χ0v) is 17.6. The van der Waals surface area contributed by atoms with Gasteiger partial charge in [-0.3, -0.25) is 9.59 Å². The summed E-state index contributed by atoms with van der Waals surface area (Å²) in [6.45, 7) is 6.86. The van der Waals surface area contributed by atoms with Crippen molar-refractivity contribution in [1.82, 2.24) is 10.2 Å². The fraction of sp³-hybridized carbons (Fsp3) is 0.417. The molecule has 2 amide bonds. The SMILES string of the molecule is CCCN1C(=O)c2ccccc2[C@H]1Nc1cccc(C(=O)NCC[NH+]2CCCC2)c1. The Hall–Kier alpha value is -2.86. The number of likely N-dealkylation sites (tertiary alicyclic amines) is 1. The highest BCUT2D eigenvalue weighted by atomic mass is 16.2. The van der Waals surface area contributed by atoms with E-state index in [0.29, 0.717) is 18.7 Å². The van der Waals surface area contributed by atoms with Gasteiger partial charge in [-0.2, -0.15) is 0 Å². The summed E-state index contributed by atoms with van der Waals surface area (Å²) in [7, 11) is 0. The minimum absolute atomic E-state index is 0.0504. The third-order valence-electron chi connectivity index (χ3n) is 6.03. The smallest absolute Gasteiger partial charge is 0.256 e. The van der Waals surface area contributed by atoms with Crippen LogP contribution in [0.3, 0.4) is 0 Å². The molecule has 3 N–H and O–H groups in total. The van der Waals surface area contributed by atoms with Crippen molar-refractivity contribution in [3.05, 3.63) is 65.2 Å². The summed E-state index contributed by atoms with van der Waals surface area (Å²) in [5.74, 6) is 0.00817. The van der Waals surface area contributed by atoms with Crippen LogP contribution in [0, 0.1) is 0 Å². The number of quaternary nitrogens is 1. The lowest BCUT2D eigenvalue weighted by Gasteiger charge is -2.27. The molecule has 6 heteroatoms. The largest absolute Gasteiger partial charge is 0.361 e. The summed E-state index contributed by atoms with van der Waals surface area (Å²) in [5.41, 5.74) is 3.21. The van der Waals surface area contributed by atoms with Crippen LogP contribution in [0.4, 0.5) is 5.69 Å². The van der Waals surface area contributed by atoms with Crippen LogP contribution in [0.25, 0.3) is 0 Å².